The highest BCUT2D eigenvalue weighted by atomic mass is 28.4. The molecule has 0 spiro atoms. The Bertz CT molecular complexity index is 676. The van der Waals surface area contributed by atoms with Gasteiger partial charge < -0.3 is 9.16 Å². The van der Waals surface area contributed by atoms with E-state index >= 15 is 0 Å². The van der Waals surface area contributed by atoms with Gasteiger partial charge in [-0.2, -0.15) is 0 Å². The fourth-order valence-corrected chi connectivity index (χ4v) is 6.35. The summed E-state index contributed by atoms with van der Waals surface area (Å²) >= 11 is 0. The lowest BCUT2D eigenvalue weighted by Gasteiger charge is -2.51. The summed E-state index contributed by atoms with van der Waals surface area (Å²) in [4.78, 5) is 0. The van der Waals surface area contributed by atoms with Crippen molar-refractivity contribution in [2.45, 2.75) is 78.3 Å². The van der Waals surface area contributed by atoms with Gasteiger partial charge in [-0.3, -0.25) is 0 Å². The molecule has 1 aromatic rings. The zero-order valence-corrected chi connectivity index (χ0v) is 20.7. The van der Waals surface area contributed by atoms with Gasteiger partial charge in [0.15, 0.2) is 8.32 Å². The molecular formula is C26H42O2Si. The first-order valence-corrected chi connectivity index (χ1v) is 14.5. The highest BCUT2D eigenvalue weighted by molar-refractivity contribution is 6.74. The second kappa shape index (κ2) is 9.07. The summed E-state index contributed by atoms with van der Waals surface area (Å²) in [6, 6.07) is 10.5. The molecule has 1 saturated carbocycles. The second-order valence-electron chi connectivity index (χ2n) is 11.1. The quantitative estimate of drug-likeness (QED) is 0.366. The predicted molar refractivity (Wildman–Crippen MR) is 125 cm³/mol. The molecule has 0 heterocycles. The summed E-state index contributed by atoms with van der Waals surface area (Å²) in [5.74, 6) is 3.03. The van der Waals surface area contributed by atoms with E-state index < -0.39 is 8.32 Å². The molecule has 0 unspecified atom stereocenters. The Labute approximate surface area is 180 Å². The second-order valence-corrected chi connectivity index (χ2v) is 15.9. The lowest BCUT2D eigenvalue weighted by Crippen LogP contribution is -2.52. The van der Waals surface area contributed by atoms with Crippen LogP contribution in [0.2, 0.25) is 18.1 Å². The van der Waals surface area contributed by atoms with Gasteiger partial charge in [0.25, 0.3) is 0 Å². The van der Waals surface area contributed by atoms with Crippen LogP contribution in [0.25, 0.3) is 0 Å². The Balaban J connectivity index is 1.75. The fraction of sp³-hybridized carbons (Fsp3) is 0.692. The van der Waals surface area contributed by atoms with Crippen LogP contribution in [0.1, 0.15) is 53.0 Å². The van der Waals surface area contributed by atoms with Gasteiger partial charge >= 0.3 is 0 Å². The molecule has 1 aromatic carbocycles. The summed E-state index contributed by atoms with van der Waals surface area (Å²) in [5.41, 5.74) is 1.26. The molecule has 6 atom stereocenters. The number of benzene rings is 1. The zero-order chi connectivity index (χ0) is 21.2. The van der Waals surface area contributed by atoms with Crippen molar-refractivity contribution in [2.75, 3.05) is 6.61 Å². The maximum Gasteiger partial charge on any atom is 0.192 e. The third-order valence-corrected chi connectivity index (χ3v) is 12.2. The normalized spacial score (nSPS) is 32.8. The molecular weight excluding hydrogens is 372 g/mol. The standard InChI is InChI=1S/C26H42O2Si/c1-19-15-22-14-13-20(2)23(18-27-17-21-11-9-8-10-12-21)25(22)24(16-19)28-29(6,7)26(3,4)5/h8-14,19-20,22-25H,15-18H2,1-7H3/t19-,20-,22-,23-,24-,25-/m0/s1. The smallest absolute Gasteiger partial charge is 0.192 e. The fourth-order valence-electron chi connectivity index (χ4n) is 4.99. The monoisotopic (exact) mass is 414 g/mol. The molecule has 29 heavy (non-hydrogen) atoms. The number of allylic oxidation sites excluding steroid dienone is 2. The zero-order valence-electron chi connectivity index (χ0n) is 19.7. The summed E-state index contributed by atoms with van der Waals surface area (Å²) < 4.78 is 13.3. The van der Waals surface area contributed by atoms with Crippen LogP contribution in [0.5, 0.6) is 0 Å². The minimum Gasteiger partial charge on any atom is -0.414 e. The molecule has 1 fully saturated rings. The Morgan fingerprint density at radius 1 is 1.00 bits per heavy atom. The molecule has 0 saturated heterocycles. The van der Waals surface area contributed by atoms with Crippen LogP contribution in [-0.2, 0) is 15.8 Å². The van der Waals surface area contributed by atoms with Crippen molar-refractivity contribution < 1.29 is 9.16 Å². The van der Waals surface area contributed by atoms with E-state index in [1.165, 1.54) is 18.4 Å². The van der Waals surface area contributed by atoms with Gasteiger partial charge in [0.05, 0.1) is 13.2 Å². The lowest BCUT2D eigenvalue weighted by molar-refractivity contribution is -0.0456. The molecule has 0 N–H and O–H groups in total. The molecule has 0 amide bonds. The van der Waals surface area contributed by atoms with Gasteiger partial charge in [-0.25, -0.2) is 0 Å². The molecule has 3 heteroatoms. The Kier molecular flexibility index (Phi) is 7.13. The number of ether oxygens (including phenoxy) is 1. The van der Waals surface area contributed by atoms with Crippen molar-refractivity contribution in [2.24, 2.45) is 29.6 Å². The third kappa shape index (κ3) is 5.42. The molecule has 2 nitrogen and oxygen atoms in total. The topological polar surface area (TPSA) is 18.5 Å². The van der Waals surface area contributed by atoms with Crippen molar-refractivity contribution in [1.82, 2.24) is 0 Å². The number of hydrogen-bond acceptors (Lipinski definition) is 2. The van der Waals surface area contributed by atoms with Crippen molar-refractivity contribution in [3.8, 4) is 0 Å². The van der Waals surface area contributed by atoms with Crippen LogP contribution in [0.3, 0.4) is 0 Å². The van der Waals surface area contributed by atoms with E-state index in [0.29, 0.717) is 36.4 Å². The SMILES string of the molecule is C[C@@H]1C[C@H](O[Si](C)(C)C(C)(C)C)[C@@H]2[C@@H](COCc3ccccc3)[C@@H](C)C=C[C@H]2C1. The van der Waals surface area contributed by atoms with E-state index in [4.69, 9.17) is 9.16 Å². The van der Waals surface area contributed by atoms with E-state index in [-0.39, 0.29) is 5.04 Å². The van der Waals surface area contributed by atoms with Crippen LogP contribution in [0.15, 0.2) is 42.5 Å². The van der Waals surface area contributed by atoms with Crippen molar-refractivity contribution in [3.05, 3.63) is 48.0 Å². The van der Waals surface area contributed by atoms with E-state index in [1.807, 2.05) is 0 Å². The Morgan fingerprint density at radius 3 is 2.34 bits per heavy atom. The molecule has 3 rings (SSSR count). The van der Waals surface area contributed by atoms with E-state index in [9.17, 15) is 0 Å². The summed E-state index contributed by atoms with van der Waals surface area (Å²) in [7, 11) is -1.80. The average molecular weight is 415 g/mol. The Morgan fingerprint density at radius 2 is 1.69 bits per heavy atom. The van der Waals surface area contributed by atoms with Crippen LogP contribution in [0.4, 0.5) is 0 Å². The molecule has 162 valence electrons. The molecule has 2 aliphatic carbocycles. The number of fused-ring (bicyclic) bond motifs is 1. The summed E-state index contributed by atoms with van der Waals surface area (Å²) in [6.07, 6.45) is 7.80. The highest BCUT2D eigenvalue weighted by Gasteiger charge is 2.48. The molecule has 0 aliphatic heterocycles. The number of rotatable bonds is 6. The predicted octanol–water partition coefficient (Wildman–Crippen LogP) is 7.08. The molecule has 2 aliphatic rings. The summed E-state index contributed by atoms with van der Waals surface area (Å²) in [6.45, 7) is 18.2. The van der Waals surface area contributed by atoms with Crippen LogP contribution in [0, 0.1) is 29.6 Å². The van der Waals surface area contributed by atoms with Crippen molar-refractivity contribution in [3.63, 3.8) is 0 Å². The average Bonchev–Trinajstić information content (AvgIpc) is 2.63. The first-order valence-electron chi connectivity index (χ1n) is 11.6. The van der Waals surface area contributed by atoms with Crippen LogP contribution >= 0.6 is 0 Å². The van der Waals surface area contributed by atoms with E-state index in [1.54, 1.807) is 0 Å². The largest absolute Gasteiger partial charge is 0.414 e. The summed E-state index contributed by atoms with van der Waals surface area (Å²) in [5, 5.41) is 0.249. The molecule has 0 bridgehead atoms. The minimum atomic E-state index is -1.80. The number of hydrogen-bond donors (Lipinski definition) is 0. The van der Waals surface area contributed by atoms with Gasteiger partial charge in [0.1, 0.15) is 0 Å². The van der Waals surface area contributed by atoms with E-state index in [2.05, 4.69) is 90.2 Å². The van der Waals surface area contributed by atoms with Gasteiger partial charge in [-0.15, -0.1) is 0 Å². The van der Waals surface area contributed by atoms with Crippen LogP contribution < -0.4 is 0 Å². The van der Waals surface area contributed by atoms with Gasteiger partial charge in [-0.1, -0.05) is 77.1 Å². The molecule has 0 radical (unpaired) electrons. The van der Waals surface area contributed by atoms with Gasteiger partial charge in [0.2, 0.25) is 0 Å². The van der Waals surface area contributed by atoms with Crippen molar-refractivity contribution in [1.29, 1.82) is 0 Å². The maximum absolute atomic E-state index is 7.08. The van der Waals surface area contributed by atoms with Gasteiger partial charge in [0, 0.05) is 6.10 Å². The van der Waals surface area contributed by atoms with E-state index in [0.717, 1.165) is 12.5 Å². The lowest BCUT2D eigenvalue weighted by atomic mass is 9.62. The maximum atomic E-state index is 7.08. The Hall–Kier alpha value is -0.903. The first kappa shape index (κ1) is 22.8. The first-order chi connectivity index (χ1) is 13.6. The third-order valence-electron chi connectivity index (χ3n) is 7.74. The van der Waals surface area contributed by atoms with Crippen molar-refractivity contribution >= 4 is 8.32 Å². The molecule has 0 aromatic heterocycles. The highest BCUT2D eigenvalue weighted by Crippen LogP contribution is 2.48. The minimum absolute atomic E-state index is 0.249. The van der Waals surface area contributed by atoms with Gasteiger partial charge in [-0.05, 0) is 66.1 Å². The van der Waals surface area contributed by atoms with Crippen LogP contribution in [-0.4, -0.2) is 21.0 Å².